The van der Waals surface area contributed by atoms with E-state index >= 15 is 0 Å². The minimum Gasteiger partial charge on any atom is -0.409 e. The number of rotatable bonds is 5. The molecule has 3 N–H and O–H groups in total. The number of hydrogen-bond donors (Lipinski definition) is 2. The third-order valence-corrected chi connectivity index (χ3v) is 4.23. The zero-order valence-corrected chi connectivity index (χ0v) is 12.5. The predicted octanol–water partition coefficient (Wildman–Crippen LogP) is 2.71. The minimum absolute atomic E-state index is 0.166. The Labute approximate surface area is 121 Å². The third-order valence-electron chi connectivity index (χ3n) is 4.23. The molecule has 1 aromatic carbocycles. The van der Waals surface area contributed by atoms with Crippen molar-refractivity contribution < 1.29 is 5.21 Å². The SMILES string of the molecule is Cc1cc(/C(N)=N/O)ccc1CN(C)CC1CCCC1. The molecule has 1 saturated carbocycles. The molecule has 1 aliphatic rings. The van der Waals surface area contributed by atoms with Crippen molar-refractivity contribution in [2.45, 2.75) is 39.2 Å². The smallest absolute Gasteiger partial charge is 0.170 e. The molecule has 0 radical (unpaired) electrons. The van der Waals surface area contributed by atoms with Gasteiger partial charge in [0.1, 0.15) is 0 Å². The molecule has 1 aliphatic carbocycles. The summed E-state index contributed by atoms with van der Waals surface area (Å²) in [5.41, 5.74) is 8.88. The van der Waals surface area contributed by atoms with Gasteiger partial charge in [-0.05, 0) is 49.9 Å². The molecule has 0 unspecified atom stereocenters. The fourth-order valence-electron chi connectivity index (χ4n) is 3.08. The average molecular weight is 275 g/mol. The van der Waals surface area contributed by atoms with Crippen LogP contribution in [0.1, 0.15) is 42.4 Å². The van der Waals surface area contributed by atoms with E-state index in [0.29, 0.717) is 0 Å². The Balaban J connectivity index is 1.98. The Morgan fingerprint density at radius 3 is 2.70 bits per heavy atom. The van der Waals surface area contributed by atoms with Gasteiger partial charge < -0.3 is 15.8 Å². The second-order valence-corrected chi connectivity index (χ2v) is 5.97. The number of nitrogens with two attached hydrogens (primary N) is 1. The summed E-state index contributed by atoms with van der Waals surface area (Å²) in [6.07, 6.45) is 5.55. The number of hydrogen-bond acceptors (Lipinski definition) is 3. The molecular weight excluding hydrogens is 250 g/mol. The Morgan fingerprint density at radius 2 is 2.10 bits per heavy atom. The Kier molecular flexibility index (Phi) is 5.01. The van der Waals surface area contributed by atoms with Crippen molar-refractivity contribution in [1.29, 1.82) is 0 Å². The first-order valence-electron chi connectivity index (χ1n) is 7.36. The van der Waals surface area contributed by atoms with Crippen molar-refractivity contribution in [3.05, 3.63) is 34.9 Å². The maximum Gasteiger partial charge on any atom is 0.170 e. The highest BCUT2D eigenvalue weighted by Gasteiger charge is 2.17. The van der Waals surface area contributed by atoms with Gasteiger partial charge in [-0.3, -0.25) is 0 Å². The number of amidine groups is 1. The van der Waals surface area contributed by atoms with E-state index in [4.69, 9.17) is 10.9 Å². The molecule has 0 saturated heterocycles. The first-order valence-corrected chi connectivity index (χ1v) is 7.36. The molecule has 110 valence electrons. The summed E-state index contributed by atoms with van der Waals surface area (Å²) in [4.78, 5) is 2.40. The number of benzene rings is 1. The van der Waals surface area contributed by atoms with E-state index < -0.39 is 0 Å². The van der Waals surface area contributed by atoms with Crippen LogP contribution in [0.3, 0.4) is 0 Å². The average Bonchev–Trinajstić information content (AvgIpc) is 2.93. The number of nitrogens with zero attached hydrogens (tertiary/aromatic N) is 2. The van der Waals surface area contributed by atoms with Gasteiger partial charge in [-0.15, -0.1) is 0 Å². The van der Waals surface area contributed by atoms with E-state index in [1.807, 2.05) is 12.1 Å². The Bertz CT molecular complexity index is 479. The van der Waals surface area contributed by atoms with E-state index in [2.05, 4.69) is 30.1 Å². The molecule has 20 heavy (non-hydrogen) atoms. The van der Waals surface area contributed by atoms with Crippen molar-refractivity contribution in [3.63, 3.8) is 0 Å². The van der Waals surface area contributed by atoms with Gasteiger partial charge in [0, 0.05) is 18.7 Å². The summed E-state index contributed by atoms with van der Waals surface area (Å²) in [5, 5.41) is 11.8. The van der Waals surface area contributed by atoms with Crippen LogP contribution in [0.25, 0.3) is 0 Å². The molecule has 4 heteroatoms. The predicted molar refractivity (Wildman–Crippen MR) is 82.0 cm³/mol. The van der Waals surface area contributed by atoms with Gasteiger partial charge in [0.2, 0.25) is 0 Å². The highest BCUT2D eigenvalue weighted by atomic mass is 16.4. The maximum absolute atomic E-state index is 8.71. The van der Waals surface area contributed by atoms with Crippen LogP contribution in [0.5, 0.6) is 0 Å². The normalized spacial score (nSPS) is 17.1. The zero-order valence-electron chi connectivity index (χ0n) is 12.5. The van der Waals surface area contributed by atoms with Gasteiger partial charge >= 0.3 is 0 Å². The van der Waals surface area contributed by atoms with Gasteiger partial charge in [-0.25, -0.2) is 0 Å². The molecule has 0 heterocycles. The summed E-state index contributed by atoms with van der Waals surface area (Å²) in [7, 11) is 2.19. The van der Waals surface area contributed by atoms with E-state index in [1.165, 1.54) is 43.4 Å². The summed E-state index contributed by atoms with van der Waals surface area (Å²) >= 11 is 0. The van der Waals surface area contributed by atoms with Crippen LogP contribution in [-0.4, -0.2) is 29.5 Å². The van der Waals surface area contributed by atoms with Crippen LogP contribution >= 0.6 is 0 Å². The van der Waals surface area contributed by atoms with Gasteiger partial charge in [0.25, 0.3) is 0 Å². The lowest BCUT2D eigenvalue weighted by Crippen LogP contribution is -2.24. The lowest BCUT2D eigenvalue weighted by molar-refractivity contribution is 0.271. The summed E-state index contributed by atoms with van der Waals surface area (Å²) < 4.78 is 0. The fourth-order valence-corrected chi connectivity index (χ4v) is 3.08. The highest BCUT2D eigenvalue weighted by molar-refractivity contribution is 5.97. The van der Waals surface area contributed by atoms with Crippen LogP contribution in [0.15, 0.2) is 23.4 Å². The van der Waals surface area contributed by atoms with Gasteiger partial charge in [-0.2, -0.15) is 0 Å². The monoisotopic (exact) mass is 275 g/mol. The molecule has 0 bridgehead atoms. The molecule has 2 rings (SSSR count). The van der Waals surface area contributed by atoms with Gasteiger partial charge in [-0.1, -0.05) is 30.1 Å². The molecule has 0 spiro atoms. The van der Waals surface area contributed by atoms with Crippen molar-refractivity contribution >= 4 is 5.84 Å². The van der Waals surface area contributed by atoms with E-state index in [1.54, 1.807) is 0 Å². The second kappa shape index (κ2) is 6.75. The molecule has 0 amide bonds. The standard InChI is InChI=1S/C16H25N3O/c1-12-9-14(16(17)18-20)7-8-15(12)11-19(2)10-13-5-3-4-6-13/h7-9,13,20H,3-6,10-11H2,1-2H3,(H2,17,18). The molecule has 1 aromatic rings. The van der Waals surface area contributed by atoms with E-state index in [9.17, 15) is 0 Å². The van der Waals surface area contributed by atoms with Crippen molar-refractivity contribution in [1.82, 2.24) is 4.90 Å². The van der Waals surface area contributed by atoms with Crippen LogP contribution in [0.2, 0.25) is 0 Å². The molecule has 4 nitrogen and oxygen atoms in total. The van der Waals surface area contributed by atoms with Crippen LogP contribution in [0, 0.1) is 12.8 Å². The third kappa shape index (κ3) is 3.73. The topological polar surface area (TPSA) is 61.9 Å². The first-order chi connectivity index (χ1) is 9.60. The quantitative estimate of drug-likeness (QED) is 0.376. The Morgan fingerprint density at radius 1 is 1.40 bits per heavy atom. The van der Waals surface area contributed by atoms with Gasteiger partial charge in [0.05, 0.1) is 0 Å². The fraction of sp³-hybridized carbons (Fsp3) is 0.562. The largest absolute Gasteiger partial charge is 0.409 e. The minimum atomic E-state index is 0.166. The van der Waals surface area contributed by atoms with Crippen LogP contribution < -0.4 is 5.73 Å². The van der Waals surface area contributed by atoms with Crippen molar-refractivity contribution in [3.8, 4) is 0 Å². The van der Waals surface area contributed by atoms with Crippen molar-refractivity contribution in [2.75, 3.05) is 13.6 Å². The van der Waals surface area contributed by atoms with Crippen molar-refractivity contribution in [2.24, 2.45) is 16.8 Å². The molecule has 0 atom stereocenters. The molecule has 0 aromatic heterocycles. The lowest BCUT2D eigenvalue weighted by Gasteiger charge is -2.22. The van der Waals surface area contributed by atoms with E-state index in [0.717, 1.165) is 18.0 Å². The zero-order chi connectivity index (χ0) is 14.5. The molecule has 0 aliphatic heterocycles. The van der Waals surface area contributed by atoms with E-state index in [-0.39, 0.29) is 5.84 Å². The Hall–Kier alpha value is -1.55. The summed E-state index contributed by atoms with van der Waals surface area (Å²) in [5.74, 6) is 1.04. The lowest BCUT2D eigenvalue weighted by atomic mass is 10.0. The molecule has 1 fully saturated rings. The second-order valence-electron chi connectivity index (χ2n) is 5.97. The van der Waals surface area contributed by atoms with Crippen LogP contribution in [-0.2, 0) is 6.54 Å². The van der Waals surface area contributed by atoms with Gasteiger partial charge in [0.15, 0.2) is 5.84 Å². The summed E-state index contributed by atoms with van der Waals surface area (Å²) in [6, 6.07) is 5.97. The summed E-state index contributed by atoms with van der Waals surface area (Å²) in [6.45, 7) is 4.22. The maximum atomic E-state index is 8.71. The molecular formula is C16H25N3O. The number of oxime groups is 1. The number of aryl methyl sites for hydroxylation is 1. The highest BCUT2D eigenvalue weighted by Crippen LogP contribution is 2.25. The first kappa shape index (κ1) is 14.9. The van der Waals surface area contributed by atoms with Crippen LogP contribution in [0.4, 0.5) is 0 Å².